The summed E-state index contributed by atoms with van der Waals surface area (Å²) in [6.45, 7) is 16.5. The Hall–Kier alpha value is -1.92. The molecule has 19 heteroatoms. The molecule has 2 unspecified atom stereocenters. The van der Waals surface area contributed by atoms with Gasteiger partial charge in [-0.2, -0.15) is 0 Å². The summed E-state index contributed by atoms with van der Waals surface area (Å²) >= 11 is 0. The SMILES string of the molecule is CC(=O)OC(C)(CC[C@@H](C)[C@H]1CC[C@@]2(C(=O)O)C3=C(CC[C@]12C)[C@@]1(C)CCC(O[C@@H]2O[C@H](CO)[C@H](O)[C@H](O[C@@H]4OC[C@H](O)[C@H](O)[C@H]4O)[C@H]2O[C@@H]2O[C@H](CO)[C@H](O)[C@H](O)[C@H]2O)C(C)(C)[C@@H]1CC3)C(C)C. The summed E-state index contributed by atoms with van der Waals surface area (Å²) < 4.78 is 42.7. The number of esters is 1. The molecule has 3 aliphatic heterocycles. The van der Waals surface area contributed by atoms with Crippen LogP contribution in [0.15, 0.2) is 11.1 Å². The van der Waals surface area contributed by atoms with Gasteiger partial charge in [0.25, 0.3) is 0 Å². The Morgan fingerprint density at radius 2 is 1.35 bits per heavy atom. The van der Waals surface area contributed by atoms with Crippen LogP contribution in [0.3, 0.4) is 0 Å². The van der Waals surface area contributed by atoms with Crippen molar-refractivity contribution in [3.05, 3.63) is 11.1 Å². The zero-order valence-electron chi connectivity index (χ0n) is 41.8. The number of carbonyl (C=O) groups is 2. The van der Waals surface area contributed by atoms with Crippen LogP contribution in [0.2, 0.25) is 0 Å². The zero-order valence-corrected chi connectivity index (χ0v) is 41.8. The standard InChI is InChI=1S/C50H82O19/c1-23(2)49(9,69-25(4)53)18-12-24(3)26-14-19-50(45(61)62)28-10-11-32-46(5,6)33(15-16-47(32,7)27(28)13-17-48(26,50)8)66-44-41(68-43-39(60)37(58)35(56)30(20-51)64-43)40(36(57)31(21-52)65-44)67-42-38(59)34(55)29(54)22-63-42/h23-24,26,29-44,51-52,54-60H,10-22H2,1-9H3,(H,61,62)/t24-,26-,29+,30-,31-,32+,33?,34+,35+,36+,37+,38-,39-,40+,41-,42+,43+,44+,47-,48-,49?,50+/m1/s1. The summed E-state index contributed by atoms with van der Waals surface area (Å²) in [6.07, 6.45) is -16.9. The first-order valence-corrected chi connectivity index (χ1v) is 25.3. The van der Waals surface area contributed by atoms with E-state index in [1.54, 1.807) is 0 Å². The summed E-state index contributed by atoms with van der Waals surface area (Å²) in [5.41, 5.74) is -0.907. The first kappa shape index (κ1) is 54.8. The van der Waals surface area contributed by atoms with Gasteiger partial charge in [-0.1, -0.05) is 59.6 Å². The third-order valence-electron chi connectivity index (χ3n) is 18.9. The molecule has 0 aromatic rings. The van der Waals surface area contributed by atoms with E-state index in [2.05, 4.69) is 48.5 Å². The molecule has 0 spiro atoms. The number of aliphatic hydroxyl groups is 9. The minimum Gasteiger partial charge on any atom is -0.481 e. The lowest BCUT2D eigenvalue weighted by Gasteiger charge is -2.62. The molecule has 2 saturated carbocycles. The number of rotatable bonds is 15. The zero-order chi connectivity index (χ0) is 50.9. The van der Waals surface area contributed by atoms with Crippen LogP contribution in [0.4, 0.5) is 0 Å². The largest absolute Gasteiger partial charge is 0.481 e. The topological polar surface area (TPSA) is 301 Å². The Labute approximate surface area is 405 Å². The van der Waals surface area contributed by atoms with Gasteiger partial charge >= 0.3 is 11.9 Å². The Balaban J connectivity index is 1.17. The van der Waals surface area contributed by atoms with Crippen molar-refractivity contribution < 1.29 is 93.8 Å². The first-order valence-electron chi connectivity index (χ1n) is 25.3. The fraction of sp³-hybridized carbons (Fsp3) is 0.920. The number of allylic oxidation sites excluding steroid dienone is 1. The van der Waals surface area contributed by atoms with E-state index >= 15 is 0 Å². The van der Waals surface area contributed by atoms with Gasteiger partial charge in [0.05, 0.1) is 31.3 Å². The van der Waals surface area contributed by atoms with Crippen LogP contribution in [0.25, 0.3) is 0 Å². The molecule has 0 bridgehead atoms. The Kier molecular flexibility index (Phi) is 16.2. The van der Waals surface area contributed by atoms with E-state index in [-0.39, 0.29) is 29.6 Å². The second-order valence-corrected chi connectivity index (χ2v) is 23.2. The molecule has 5 fully saturated rings. The smallest absolute Gasteiger partial charge is 0.314 e. The van der Waals surface area contributed by atoms with Gasteiger partial charge in [-0.15, -0.1) is 0 Å². The average molecular weight is 987 g/mol. The molecule has 3 saturated heterocycles. The lowest BCUT2D eigenvalue weighted by atomic mass is 9.43. The molecule has 396 valence electrons. The molecular weight excluding hydrogens is 905 g/mol. The second kappa shape index (κ2) is 20.4. The number of carbonyl (C=O) groups excluding carboxylic acids is 1. The molecule has 7 aliphatic rings. The molecule has 3 heterocycles. The average Bonchev–Trinajstić information content (AvgIpc) is 3.62. The maximum Gasteiger partial charge on any atom is 0.314 e. The number of ether oxygens (including phenoxy) is 7. The minimum absolute atomic E-state index is 0.0119. The lowest BCUT2D eigenvalue weighted by molar-refractivity contribution is -0.395. The van der Waals surface area contributed by atoms with Gasteiger partial charge in [0.1, 0.15) is 72.7 Å². The normalized spacial score (nSPS) is 46.9. The van der Waals surface area contributed by atoms with Gasteiger partial charge in [0.15, 0.2) is 18.9 Å². The Morgan fingerprint density at radius 3 is 1.97 bits per heavy atom. The van der Waals surface area contributed by atoms with Gasteiger partial charge in [-0.25, -0.2) is 0 Å². The monoisotopic (exact) mass is 987 g/mol. The van der Waals surface area contributed by atoms with Crippen molar-refractivity contribution in [2.45, 2.75) is 224 Å². The minimum atomic E-state index is -1.89. The number of aliphatic carboxylic acids is 1. The van der Waals surface area contributed by atoms with Gasteiger partial charge in [-0.05, 0) is 111 Å². The van der Waals surface area contributed by atoms with Crippen LogP contribution in [0, 0.1) is 45.3 Å². The third kappa shape index (κ3) is 9.38. The fourth-order valence-electron chi connectivity index (χ4n) is 14.5. The van der Waals surface area contributed by atoms with E-state index in [0.717, 1.165) is 31.3 Å². The molecule has 22 atom stereocenters. The van der Waals surface area contributed by atoms with Crippen LogP contribution < -0.4 is 0 Å². The lowest BCUT2D eigenvalue weighted by Crippen LogP contribution is -2.67. The number of carboxylic acid groups (broad SMARTS) is 1. The summed E-state index contributed by atoms with van der Waals surface area (Å²) in [7, 11) is 0. The van der Waals surface area contributed by atoms with E-state index in [9.17, 15) is 60.7 Å². The molecule has 0 radical (unpaired) electrons. The molecule has 0 aromatic heterocycles. The van der Waals surface area contributed by atoms with E-state index < -0.39 is 145 Å². The number of hydrogen-bond donors (Lipinski definition) is 10. The highest BCUT2D eigenvalue weighted by Gasteiger charge is 2.69. The summed E-state index contributed by atoms with van der Waals surface area (Å²) in [5, 5.41) is 107. The van der Waals surface area contributed by atoms with Crippen molar-refractivity contribution in [1.82, 2.24) is 0 Å². The molecule has 19 nitrogen and oxygen atoms in total. The van der Waals surface area contributed by atoms with E-state index in [0.29, 0.717) is 38.5 Å². The van der Waals surface area contributed by atoms with Crippen molar-refractivity contribution >= 4 is 11.9 Å². The number of hydrogen-bond acceptors (Lipinski definition) is 18. The quantitative estimate of drug-likeness (QED) is 0.0825. The van der Waals surface area contributed by atoms with Crippen molar-refractivity contribution in [3.8, 4) is 0 Å². The van der Waals surface area contributed by atoms with E-state index in [1.165, 1.54) is 12.5 Å². The molecular formula is C50H82O19. The van der Waals surface area contributed by atoms with Crippen LogP contribution in [-0.4, -0.2) is 181 Å². The first-order chi connectivity index (χ1) is 32.2. The van der Waals surface area contributed by atoms with Gasteiger partial charge in [0.2, 0.25) is 0 Å². The fourth-order valence-corrected chi connectivity index (χ4v) is 14.5. The molecule has 0 amide bonds. The molecule has 69 heavy (non-hydrogen) atoms. The van der Waals surface area contributed by atoms with E-state index in [1.807, 2.05) is 6.92 Å². The van der Waals surface area contributed by atoms with Gasteiger partial charge in [-0.3, -0.25) is 9.59 Å². The predicted molar refractivity (Wildman–Crippen MR) is 242 cm³/mol. The maximum atomic E-state index is 14.0. The number of aliphatic hydroxyl groups excluding tert-OH is 9. The van der Waals surface area contributed by atoms with Crippen molar-refractivity contribution in [2.75, 3.05) is 19.8 Å². The van der Waals surface area contributed by atoms with Crippen LogP contribution in [0.5, 0.6) is 0 Å². The van der Waals surface area contributed by atoms with Gasteiger partial charge < -0.3 is 84.2 Å². The predicted octanol–water partition coefficient (Wildman–Crippen LogP) is 1.67. The van der Waals surface area contributed by atoms with Crippen LogP contribution in [-0.2, 0) is 42.7 Å². The molecule has 4 aliphatic carbocycles. The number of fused-ring (bicyclic) bond motifs is 4. The van der Waals surface area contributed by atoms with Crippen molar-refractivity contribution in [1.29, 1.82) is 0 Å². The Bertz CT molecular complexity index is 1860. The van der Waals surface area contributed by atoms with Crippen molar-refractivity contribution in [3.63, 3.8) is 0 Å². The molecule has 10 N–H and O–H groups in total. The summed E-state index contributed by atoms with van der Waals surface area (Å²) in [4.78, 5) is 26.1. The van der Waals surface area contributed by atoms with Crippen molar-refractivity contribution in [2.24, 2.45) is 45.3 Å². The third-order valence-corrected chi connectivity index (χ3v) is 18.9. The van der Waals surface area contributed by atoms with Crippen LogP contribution in [0.1, 0.15) is 127 Å². The van der Waals surface area contributed by atoms with E-state index in [4.69, 9.17) is 33.2 Å². The molecule has 7 rings (SSSR count). The summed E-state index contributed by atoms with van der Waals surface area (Å²) in [6, 6.07) is 0. The second-order valence-electron chi connectivity index (χ2n) is 23.2. The van der Waals surface area contributed by atoms with Crippen LogP contribution >= 0.6 is 0 Å². The highest BCUT2D eigenvalue weighted by atomic mass is 16.8. The van der Waals surface area contributed by atoms with Gasteiger partial charge in [0, 0.05) is 6.92 Å². The number of carboxylic acids is 1. The highest BCUT2D eigenvalue weighted by molar-refractivity contribution is 5.82. The molecule has 0 aromatic carbocycles. The maximum absolute atomic E-state index is 14.0. The highest BCUT2D eigenvalue weighted by Crippen LogP contribution is 2.73. The summed E-state index contributed by atoms with van der Waals surface area (Å²) in [5.74, 6) is -0.648. The Morgan fingerprint density at radius 1 is 0.725 bits per heavy atom.